The second kappa shape index (κ2) is 48.3. The SMILES string of the molecule is Cc1ccc(-c2ccc(C=CCc3ccc(-c4ccc(C)cc4)cc3)cc2)cc1.Cc1ccc(-c2ccc(CC=Cc3ccc(-c4ccc(-c5ccc(C)cc5)cc4)cc3)cc2)cc1.Cc1ccc(C=CCc2ccc(C)cc2)cc1.Cc1ccc(CC=Cc2ccc(-c3ccc(-c4ccc(C)cc4)cc3)cc2)cc1.Cc1ccc(CC=Cc2ccc(-c3ccc(C)cc3)cc2)cc1. The molecule has 0 bridgehead atoms. The lowest BCUT2D eigenvalue weighted by atomic mass is 9.99. The van der Waals surface area contributed by atoms with Crippen LogP contribution in [0.4, 0.5) is 0 Å². The van der Waals surface area contributed by atoms with E-state index < -0.39 is 0 Å². The second-order valence-corrected chi connectivity index (χ2v) is 35.1. The zero-order chi connectivity index (χ0) is 92.3. The molecular weight excluding hydrogens is 1600 g/mol. The molecule has 0 spiro atoms. The number of hydrogen-bond donors (Lipinski definition) is 0. The van der Waals surface area contributed by atoms with Crippen molar-refractivity contribution in [3.05, 3.63) is 578 Å². The van der Waals surface area contributed by atoms with Gasteiger partial charge in [-0.3, -0.25) is 0 Å². The summed E-state index contributed by atoms with van der Waals surface area (Å²) in [7, 11) is 0. The smallest absolute Gasteiger partial charge is 0.00941 e. The summed E-state index contributed by atoms with van der Waals surface area (Å²) in [4.78, 5) is 0. The van der Waals surface area contributed by atoms with Gasteiger partial charge in [0, 0.05) is 0 Å². The molecule has 0 aliphatic rings. The number of hydrogen-bond acceptors (Lipinski definition) is 0. The largest absolute Gasteiger partial charge is 0.0795 e. The zero-order valence-corrected chi connectivity index (χ0v) is 78.9. The van der Waals surface area contributed by atoms with Gasteiger partial charge in [0.25, 0.3) is 0 Å². The molecule has 0 nitrogen and oxygen atoms in total. The molecule has 0 heteroatoms. The molecule has 0 heterocycles. The Morgan fingerprint density at radius 1 is 0.105 bits per heavy atom. The van der Waals surface area contributed by atoms with E-state index in [1.54, 1.807) is 0 Å². The van der Waals surface area contributed by atoms with Crippen LogP contribution in [-0.4, -0.2) is 0 Å². The summed E-state index contributed by atoms with van der Waals surface area (Å²) in [6, 6.07) is 157. The van der Waals surface area contributed by atoms with Gasteiger partial charge in [-0.15, -0.1) is 0 Å². The van der Waals surface area contributed by atoms with Crippen LogP contribution in [0.3, 0.4) is 0 Å². The van der Waals surface area contributed by atoms with Gasteiger partial charge < -0.3 is 0 Å². The van der Waals surface area contributed by atoms with Gasteiger partial charge in [0.15, 0.2) is 0 Å². The lowest BCUT2D eigenvalue weighted by Gasteiger charge is -2.06. The highest BCUT2D eigenvalue weighted by Gasteiger charge is 2.08. The van der Waals surface area contributed by atoms with E-state index in [0.717, 1.165) is 32.1 Å². The van der Waals surface area contributed by atoms with Gasteiger partial charge in [0.2, 0.25) is 0 Å². The number of rotatable bonds is 23. The summed E-state index contributed by atoms with van der Waals surface area (Å²) in [5.74, 6) is 0. The minimum Gasteiger partial charge on any atom is -0.0795 e. The van der Waals surface area contributed by atoms with Crippen LogP contribution < -0.4 is 0 Å². The molecule has 654 valence electrons. The van der Waals surface area contributed by atoms with Crippen molar-refractivity contribution in [3.63, 3.8) is 0 Å². The van der Waals surface area contributed by atoms with Crippen LogP contribution in [0, 0.1) is 69.2 Å². The molecule has 0 saturated carbocycles. The van der Waals surface area contributed by atoms with Gasteiger partial charge in [0.1, 0.15) is 0 Å². The Labute approximate surface area is 793 Å². The Balaban J connectivity index is 0.000000136. The van der Waals surface area contributed by atoms with Crippen LogP contribution >= 0.6 is 0 Å². The van der Waals surface area contributed by atoms with E-state index in [0.29, 0.717) is 0 Å². The van der Waals surface area contributed by atoms with Gasteiger partial charge >= 0.3 is 0 Å². The maximum absolute atomic E-state index is 2.24. The van der Waals surface area contributed by atoms with Crippen LogP contribution in [-0.2, 0) is 32.1 Å². The standard InChI is InChI=1S/C35H30.2C29H26.C23H22.C17H18/c1-26-6-14-30(15-7-26)32-18-10-28(11-19-32)4-3-5-29-12-20-33(21-13-29)35-24-22-34(23-25-35)31-16-8-27(2)9-17-31;1-22-6-14-26(15-7-22)28-18-10-24(11-19-28)4-3-5-25-12-20-29(21-13-25)27-16-8-23(2)9-17-27;1-22-6-10-24(11-7-22)4-3-5-25-12-16-27(17-13-25)29-20-18-28(19-21-29)26-14-8-23(2)9-15-26;1-18-6-10-20(11-7-18)4-3-5-21-12-16-23(17-13-21)22-14-8-19(2)9-15-22;1-14-6-10-16(11-7-14)4-3-5-17-12-8-15(2)9-13-17/h3,5-25H,4H2,1-2H3;3-4,6-21H,5H2,1-2H3;3,5-21H,4H2,1-2H3;3,5-17H,4H2,1-2H3;3-4,6-13H,5H2,1-2H3. The first-order valence-corrected chi connectivity index (χ1v) is 46.7. The van der Waals surface area contributed by atoms with E-state index in [4.69, 9.17) is 0 Å². The van der Waals surface area contributed by atoms with Crippen molar-refractivity contribution < 1.29 is 0 Å². The van der Waals surface area contributed by atoms with Crippen LogP contribution in [0.2, 0.25) is 0 Å². The highest BCUT2D eigenvalue weighted by Crippen LogP contribution is 2.31. The van der Waals surface area contributed by atoms with Crippen LogP contribution in [0.15, 0.2) is 467 Å². The molecular formula is C133H122. The van der Waals surface area contributed by atoms with Gasteiger partial charge in [0.05, 0.1) is 0 Å². The Morgan fingerprint density at radius 3 is 0.323 bits per heavy atom. The van der Waals surface area contributed by atoms with Crippen molar-refractivity contribution in [3.8, 4) is 89.0 Å². The fourth-order valence-electron chi connectivity index (χ4n) is 15.5. The van der Waals surface area contributed by atoms with Gasteiger partial charge in [-0.05, 0) is 246 Å². The summed E-state index contributed by atoms with van der Waals surface area (Å²) in [5.41, 5.74) is 46.0. The van der Waals surface area contributed by atoms with Gasteiger partial charge in [-0.2, -0.15) is 0 Å². The lowest BCUT2D eigenvalue weighted by molar-refractivity contribution is 1.26. The van der Waals surface area contributed by atoms with Crippen molar-refractivity contribution in [2.45, 2.75) is 101 Å². The molecule has 0 aliphatic carbocycles. The molecule has 0 saturated heterocycles. The first-order chi connectivity index (χ1) is 64.9. The average Bonchev–Trinajstić information content (AvgIpc) is 0.834. The Morgan fingerprint density at radius 2 is 0.188 bits per heavy atom. The maximum atomic E-state index is 2.24. The van der Waals surface area contributed by atoms with Crippen molar-refractivity contribution in [2.75, 3.05) is 0 Å². The van der Waals surface area contributed by atoms with E-state index >= 15 is 0 Å². The van der Waals surface area contributed by atoms with E-state index in [2.05, 4.69) is 567 Å². The maximum Gasteiger partial charge on any atom is -0.00941 e. The number of aryl methyl sites for hydroxylation is 10. The summed E-state index contributed by atoms with van der Waals surface area (Å²) in [5, 5.41) is 0. The summed E-state index contributed by atoms with van der Waals surface area (Å²) in [6.07, 6.45) is 26.9. The molecule has 0 aromatic heterocycles. The van der Waals surface area contributed by atoms with Gasteiger partial charge in [-0.25, -0.2) is 0 Å². The molecule has 18 aromatic rings. The number of allylic oxidation sites excluding steroid dienone is 5. The fourth-order valence-corrected chi connectivity index (χ4v) is 15.5. The summed E-state index contributed by atoms with van der Waals surface area (Å²) in [6.45, 7) is 21.2. The first kappa shape index (κ1) is 93.8. The molecule has 0 amide bonds. The third kappa shape index (κ3) is 29.9. The molecule has 0 fully saturated rings. The predicted octanol–water partition coefficient (Wildman–Crippen LogP) is 36.1. The highest BCUT2D eigenvalue weighted by molar-refractivity contribution is 5.75. The quantitative estimate of drug-likeness (QED) is 0.0599. The van der Waals surface area contributed by atoms with Crippen molar-refractivity contribution >= 4 is 30.4 Å². The molecule has 0 atom stereocenters. The number of benzene rings is 18. The molecule has 18 rings (SSSR count). The molecule has 0 aliphatic heterocycles. The second-order valence-electron chi connectivity index (χ2n) is 35.1. The van der Waals surface area contributed by atoms with Crippen molar-refractivity contribution in [2.24, 2.45) is 0 Å². The Kier molecular flexibility index (Phi) is 34.1. The lowest BCUT2D eigenvalue weighted by Crippen LogP contribution is -1.83. The van der Waals surface area contributed by atoms with Crippen molar-refractivity contribution in [1.82, 2.24) is 0 Å². The molecule has 18 aromatic carbocycles. The average molecular weight is 1720 g/mol. The van der Waals surface area contributed by atoms with Crippen molar-refractivity contribution in [1.29, 1.82) is 0 Å². The molecule has 133 heavy (non-hydrogen) atoms. The normalized spacial score (nSPS) is 11.1. The molecule has 0 radical (unpaired) electrons. The predicted molar refractivity (Wildman–Crippen MR) is 579 cm³/mol. The van der Waals surface area contributed by atoms with Gasteiger partial charge in [-0.1, -0.05) is 553 Å². The molecule has 0 N–H and O–H groups in total. The van der Waals surface area contributed by atoms with E-state index in [9.17, 15) is 0 Å². The van der Waals surface area contributed by atoms with E-state index in [1.807, 2.05) is 0 Å². The highest BCUT2D eigenvalue weighted by atomic mass is 14.1. The van der Waals surface area contributed by atoms with E-state index in [-0.39, 0.29) is 0 Å². The van der Waals surface area contributed by atoms with Crippen LogP contribution in [0.25, 0.3) is 119 Å². The van der Waals surface area contributed by atoms with Crippen LogP contribution in [0.1, 0.15) is 111 Å². The van der Waals surface area contributed by atoms with Crippen LogP contribution in [0.5, 0.6) is 0 Å². The monoisotopic (exact) mass is 1720 g/mol. The minimum absolute atomic E-state index is 0.927. The van der Waals surface area contributed by atoms with E-state index in [1.165, 1.54) is 200 Å². The summed E-state index contributed by atoms with van der Waals surface area (Å²) >= 11 is 0. The molecule has 0 unspecified atom stereocenters. The minimum atomic E-state index is 0.927. The third-order valence-electron chi connectivity index (χ3n) is 24.1. The zero-order valence-electron chi connectivity index (χ0n) is 78.9. The summed E-state index contributed by atoms with van der Waals surface area (Å²) < 4.78 is 0. The third-order valence-corrected chi connectivity index (χ3v) is 24.1. The Hall–Kier alpha value is -15.3. The first-order valence-electron chi connectivity index (χ1n) is 46.7. The Bertz CT molecular complexity index is 6730. The fraction of sp³-hybridized carbons (Fsp3) is 0.113. The topological polar surface area (TPSA) is 0 Å².